The molecule has 1 rings (SSSR count). The van der Waals surface area contributed by atoms with Crippen molar-refractivity contribution in [2.45, 2.75) is 19.4 Å². The highest BCUT2D eigenvalue weighted by atomic mass is 16.6. The third-order valence-corrected chi connectivity index (χ3v) is 2.16. The topological polar surface area (TPSA) is 89.7 Å². The van der Waals surface area contributed by atoms with E-state index in [4.69, 9.17) is 0 Å². The fourth-order valence-corrected chi connectivity index (χ4v) is 1.42. The van der Waals surface area contributed by atoms with E-state index >= 15 is 0 Å². The van der Waals surface area contributed by atoms with Gasteiger partial charge in [0.05, 0.1) is 29.6 Å². The Morgan fingerprint density at radius 2 is 2.18 bits per heavy atom. The highest BCUT2D eigenvalue weighted by molar-refractivity contribution is 5.70. The van der Waals surface area contributed by atoms with Gasteiger partial charge in [0, 0.05) is 6.07 Å². The van der Waals surface area contributed by atoms with Gasteiger partial charge >= 0.3 is 5.97 Å². The van der Waals surface area contributed by atoms with Gasteiger partial charge in [-0.3, -0.25) is 14.9 Å². The summed E-state index contributed by atoms with van der Waals surface area (Å²) in [5.41, 5.74) is -0.0881. The minimum Gasteiger partial charge on any atom is -0.466 e. The lowest BCUT2D eigenvalue weighted by Gasteiger charge is -2.10. The van der Waals surface area contributed by atoms with Crippen molar-refractivity contribution in [3.63, 3.8) is 0 Å². The van der Waals surface area contributed by atoms with Crippen molar-refractivity contribution in [3.05, 3.63) is 39.9 Å². The number of nitrogens with zero attached hydrogens (tertiary/aromatic N) is 1. The zero-order valence-corrected chi connectivity index (χ0v) is 9.33. The number of ether oxygens (including phenoxy) is 1. The Bertz CT molecular complexity index is 418. The average molecular weight is 239 g/mol. The van der Waals surface area contributed by atoms with Crippen LogP contribution in [0.25, 0.3) is 0 Å². The molecule has 0 aliphatic carbocycles. The second-order valence-electron chi connectivity index (χ2n) is 3.34. The lowest BCUT2D eigenvalue weighted by atomic mass is 10.0. The largest absolute Gasteiger partial charge is 0.466 e. The van der Waals surface area contributed by atoms with Gasteiger partial charge in [-0.25, -0.2) is 0 Å². The molecule has 0 unspecified atom stereocenters. The van der Waals surface area contributed by atoms with Crippen LogP contribution in [-0.4, -0.2) is 22.6 Å². The van der Waals surface area contributed by atoms with E-state index in [1.54, 1.807) is 13.0 Å². The van der Waals surface area contributed by atoms with Crippen molar-refractivity contribution in [1.82, 2.24) is 0 Å². The molecule has 92 valence electrons. The average Bonchev–Trinajstić information content (AvgIpc) is 2.29. The fraction of sp³-hybridized carbons (Fsp3) is 0.364. The zero-order valence-electron chi connectivity index (χ0n) is 9.33. The molecule has 0 bridgehead atoms. The fourth-order valence-electron chi connectivity index (χ4n) is 1.42. The Balaban J connectivity index is 2.85. The third kappa shape index (κ3) is 3.53. The van der Waals surface area contributed by atoms with Crippen LogP contribution in [0, 0.1) is 10.1 Å². The standard InChI is InChI=1S/C11H13NO5/c1-2-17-11(14)7-10(13)8-5-3-4-6-9(8)12(15)16/h3-6,10,13H,2,7H2,1H3/t10-/m1/s1. The molecule has 1 atom stereocenters. The van der Waals surface area contributed by atoms with Gasteiger partial charge in [0.1, 0.15) is 0 Å². The highest BCUT2D eigenvalue weighted by Crippen LogP contribution is 2.26. The highest BCUT2D eigenvalue weighted by Gasteiger charge is 2.22. The number of carbonyl (C=O) groups excluding carboxylic acids is 1. The van der Waals surface area contributed by atoms with Crippen LogP contribution in [0.4, 0.5) is 5.69 Å². The maximum Gasteiger partial charge on any atom is 0.308 e. The SMILES string of the molecule is CCOC(=O)C[C@@H](O)c1ccccc1[N+](=O)[O-]. The van der Waals surface area contributed by atoms with Gasteiger partial charge in [-0.05, 0) is 13.0 Å². The second kappa shape index (κ2) is 5.95. The van der Waals surface area contributed by atoms with Gasteiger partial charge in [0.25, 0.3) is 5.69 Å². The number of carbonyl (C=O) groups is 1. The van der Waals surface area contributed by atoms with E-state index in [1.165, 1.54) is 18.2 Å². The van der Waals surface area contributed by atoms with Crippen molar-refractivity contribution in [2.24, 2.45) is 0 Å². The van der Waals surface area contributed by atoms with E-state index in [0.717, 1.165) is 0 Å². The van der Waals surface area contributed by atoms with Crippen molar-refractivity contribution in [1.29, 1.82) is 0 Å². The van der Waals surface area contributed by atoms with Crippen LogP contribution in [0.5, 0.6) is 0 Å². The van der Waals surface area contributed by atoms with Crippen LogP contribution in [0.1, 0.15) is 25.0 Å². The molecule has 0 heterocycles. The molecular formula is C11H13NO5. The van der Waals surface area contributed by atoms with Gasteiger partial charge in [-0.1, -0.05) is 12.1 Å². The molecule has 17 heavy (non-hydrogen) atoms. The van der Waals surface area contributed by atoms with Gasteiger partial charge in [-0.15, -0.1) is 0 Å². The van der Waals surface area contributed by atoms with Crippen molar-refractivity contribution < 1.29 is 19.6 Å². The molecule has 1 aromatic rings. The molecule has 0 amide bonds. The van der Waals surface area contributed by atoms with E-state index in [2.05, 4.69) is 4.74 Å². The van der Waals surface area contributed by atoms with E-state index < -0.39 is 17.0 Å². The summed E-state index contributed by atoms with van der Waals surface area (Å²) in [6, 6.07) is 5.77. The number of esters is 1. The molecule has 6 nitrogen and oxygen atoms in total. The van der Waals surface area contributed by atoms with Crippen molar-refractivity contribution >= 4 is 11.7 Å². The minimum atomic E-state index is -1.23. The number of aliphatic hydroxyl groups excluding tert-OH is 1. The summed E-state index contributed by atoms with van der Waals surface area (Å²) in [7, 11) is 0. The van der Waals surface area contributed by atoms with Crippen LogP contribution >= 0.6 is 0 Å². The Morgan fingerprint density at radius 1 is 1.53 bits per heavy atom. The Labute approximate surface area is 98.0 Å². The van der Waals surface area contributed by atoms with Crippen LogP contribution in [0.2, 0.25) is 0 Å². The second-order valence-corrected chi connectivity index (χ2v) is 3.34. The van der Waals surface area contributed by atoms with Gasteiger partial charge < -0.3 is 9.84 Å². The van der Waals surface area contributed by atoms with Crippen LogP contribution in [0.15, 0.2) is 24.3 Å². The smallest absolute Gasteiger partial charge is 0.308 e. The van der Waals surface area contributed by atoms with Crippen molar-refractivity contribution in [3.8, 4) is 0 Å². The number of aliphatic hydroxyl groups is 1. The van der Waals surface area contributed by atoms with Crippen LogP contribution in [-0.2, 0) is 9.53 Å². The molecule has 0 aromatic heterocycles. The molecule has 0 aliphatic rings. The predicted molar refractivity (Wildman–Crippen MR) is 59.3 cm³/mol. The van der Waals surface area contributed by atoms with E-state index in [-0.39, 0.29) is 24.3 Å². The zero-order chi connectivity index (χ0) is 12.8. The molecule has 1 aromatic carbocycles. The summed E-state index contributed by atoms with van der Waals surface area (Å²) in [4.78, 5) is 21.3. The Hall–Kier alpha value is -1.95. The van der Waals surface area contributed by atoms with Gasteiger partial charge in [0.15, 0.2) is 0 Å². The monoisotopic (exact) mass is 239 g/mol. The molecular weight excluding hydrogens is 226 g/mol. The quantitative estimate of drug-likeness (QED) is 0.478. The summed E-state index contributed by atoms with van der Waals surface area (Å²) in [6.07, 6.45) is -1.52. The lowest BCUT2D eigenvalue weighted by molar-refractivity contribution is -0.386. The number of para-hydroxylation sites is 1. The first-order valence-corrected chi connectivity index (χ1v) is 5.13. The van der Waals surface area contributed by atoms with E-state index in [9.17, 15) is 20.0 Å². The molecule has 0 radical (unpaired) electrons. The summed E-state index contributed by atoms with van der Waals surface area (Å²) in [5.74, 6) is -0.585. The molecule has 0 saturated heterocycles. The van der Waals surface area contributed by atoms with Crippen LogP contribution in [0.3, 0.4) is 0 Å². The van der Waals surface area contributed by atoms with Gasteiger partial charge in [-0.2, -0.15) is 0 Å². The molecule has 0 spiro atoms. The number of benzene rings is 1. The van der Waals surface area contributed by atoms with Crippen molar-refractivity contribution in [2.75, 3.05) is 6.61 Å². The Kier molecular flexibility index (Phi) is 4.59. The molecule has 6 heteroatoms. The molecule has 0 saturated carbocycles. The molecule has 1 N–H and O–H groups in total. The predicted octanol–water partition coefficient (Wildman–Crippen LogP) is 1.58. The summed E-state index contributed by atoms with van der Waals surface area (Å²) >= 11 is 0. The molecule has 0 fully saturated rings. The summed E-state index contributed by atoms with van der Waals surface area (Å²) < 4.78 is 4.67. The number of nitro benzene ring substituents is 1. The minimum absolute atomic E-state index is 0.116. The maximum atomic E-state index is 11.2. The first-order valence-electron chi connectivity index (χ1n) is 5.13. The lowest BCUT2D eigenvalue weighted by Crippen LogP contribution is -2.11. The first-order chi connectivity index (χ1) is 8.06. The van der Waals surface area contributed by atoms with Crippen LogP contribution < -0.4 is 0 Å². The number of nitro groups is 1. The third-order valence-electron chi connectivity index (χ3n) is 2.16. The number of hydrogen-bond acceptors (Lipinski definition) is 5. The number of hydrogen-bond donors (Lipinski definition) is 1. The normalized spacial score (nSPS) is 11.9. The Morgan fingerprint density at radius 3 is 2.76 bits per heavy atom. The summed E-state index contributed by atoms with van der Waals surface area (Å²) in [6.45, 7) is 1.86. The van der Waals surface area contributed by atoms with E-state index in [0.29, 0.717) is 0 Å². The molecule has 0 aliphatic heterocycles. The number of rotatable bonds is 5. The van der Waals surface area contributed by atoms with Gasteiger partial charge in [0.2, 0.25) is 0 Å². The summed E-state index contributed by atoms with van der Waals surface area (Å²) in [5, 5.41) is 20.5. The maximum absolute atomic E-state index is 11.2. The first kappa shape index (κ1) is 13.1. The van der Waals surface area contributed by atoms with E-state index in [1.807, 2.05) is 0 Å².